The van der Waals surface area contributed by atoms with E-state index in [1.165, 1.54) is 22.3 Å². The summed E-state index contributed by atoms with van der Waals surface area (Å²) in [6.07, 6.45) is 7.62. The Balaban J connectivity index is 0.000000123. The summed E-state index contributed by atoms with van der Waals surface area (Å²) in [6, 6.07) is 51.8. The van der Waals surface area contributed by atoms with Gasteiger partial charge in [-0.25, -0.2) is 19.9 Å². The van der Waals surface area contributed by atoms with E-state index in [4.69, 9.17) is 19.9 Å². The molecule has 0 spiro atoms. The summed E-state index contributed by atoms with van der Waals surface area (Å²) in [4.78, 5) is 82.9. The van der Waals surface area contributed by atoms with Crippen molar-refractivity contribution in [3.63, 3.8) is 0 Å². The van der Waals surface area contributed by atoms with Crippen molar-refractivity contribution in [2.24, 2.45) is 0 Å². The highest BCUT2D eigenvalue weighted by Crippen LogP contribution is 2.28. The van der Waals surface area contributed by atoms with E-state index in [1.807, 2.05) is 154 Å². The highest BCUT2D eigenvalue weighted by atomic mass is 16.1. The third-order valence-electron chi connectivity index (χ3n) is 20.0. The largest absolute Gasteiger partial charge is 0.378 e. The Bertz CT molecular complexity index is 5330. The molecule has 22 heteroatoms. The molecule has 0 radical (unpaired) electrons. The van der Waals surface area contributed by atoms with E-state index in [1.54, 1.807) is 41.9 Å². The van der Waals surface area contributed by atoms with Crippen LogP contribution in [0.2, 0.25) is 0 Å². The first-order chi connectivity index (χ1) is 50.2. The second-order valence-corrected chi connectivity index (χ2v) is 27.9. The summed E-state index contributed by atoms with van der Waals surface area (Å²) in [5.41, 5.74) is 20.5. The summed E-state index contributed by atoms with van der Waals surface area (Å²) in [6.45, 7) is 26.0. The average molecular weight is 1400 g/mol. The number of hydrogen-bond donors (Lipinski definition) is 4. The zero-order chi connectivity index (χ0) is 72.7. The summed E-state index contributed by atoms with van der Waals surface area (Å²) in [7, 11) is 8.01. The first-order valence-corrected chi connectivity index (χ1v) is 36.0. The Labute approximate surface area is 606 Å². The second-order valence-electron chi connectivity index (χ2n) is 27.9. The third-order valence-corrected chi connectivity index (χ3v) is 20.0. The Morgan fingerprint density at radius 2 is 0.663 bits per heavy atom. The first kappa shape index (κ1) is 71.4. The molecule has 0 saturated carbocycles. The quantitative estimate of drug-likeness (QED) is 0.101. The Hall–Kier alpha value is -11.0. The van der Waals surface area contributed by atoms with Crippen LogP contribution < -0.4 is 72.9 Å². The average Bonchev–Trinajstić information content (AvgIpc) is 0.802. The number of fused-ring (bicyclic) bond motifs is 4. The molecular weight excluding hydrogens is 1300 g/mol. The zero-order valence-electron chi connectivity index (χ0n) is 61.3. The lowest BCUT2D eigenvalue weighted by molar-refractivity contribution is 0.484. The van der Waals surface area contributed by atoms with Crippen molar-refractivity contribution in [1.82, 2.24) is 58.8 Å². The SMILES string of the molecule is CN(C)c1cccc(-c2cc(=O)n3cc(N4CCNCC4)ccc3n2)c1.C[C@H]1CN(c2ccc3nc(-c4ccc(N(C)C)cc4)cc(=O)n3c2)CCN1.Cc1ccc(-c2cc(=O)n3cc(N4CCNCC4)ccc3n2)cc1C.Cc1ccc(-c2cc(=O)n3cc(N4CCN[C@@H](C)C4)ccc3n2)cc1C. The van der Waals surface area contributed by atoms with E-state index in [-0.39, 0.29) is 22.2 Å². The summed E-state index contributed by atoms with van der Waals surface area (Å²) < 4.78 is 6.56. The molecule has 0 aliphatic carbocycles. The number of aromatic nitrogens is 8. The van der Waals surface area contributed by atoms with Crippen LogP contribution in [0.1, 0.15) is 36.1 Å². The van der Waals surface area contributed by atoms with Crippen LogP contribution in [0.4, 0.5) is 34.1 Å². The lowest BCUT2D eigenvalue weighted by Gasteiger charge is -2.33. The fourth-order valence-electron chi connectivity index (χ4n) is 13.6. The number of rotatable bonds is 10. The Kier molecular flexibility index (Phi) is 21.7. The van der Waals surface area contributed by atoms with E-state index >= 15 is 0 Å². The molecule has 12 aromatic rings. The van der Waals surface area contributed by atoms with Crippen molar-refractivity contribution in [2.45, 2.75) is 53.6 Å². The molecule has 536 valence electrons. The maximum Gasteiger partial charge on any atom is 0.258 e. The normalized spacial score (nSPS) is 16.1. The molecule has 12 heterocycles. The van der Waals surface area contributed by atoms with Gasteiger partial charge >= 0.3 is 0 Å². The van der Waals surface area contributed by atoms with Gasteiger partial charge in [-0.1, -0.05) is 48.5 Å². The summed E-state index contributed by atoms with van der Waals surface area (Å²) >= 11 is 0. The minimum Gasteiger partial charge on any atom is -0.378 e. The highest BCUT2D eigenvalue weighted by molar-refractivity contribution is 5.70. The number of nitrogens with one attached hydrogen (secondary N) is 4. The van der Waals surface area contributed by atoms with Gasteiger partial charge in [-0.15, -0.1) is 0 Å². The minimum absolute atomic E-state index is 0.0461. The lowest BCUT2D eigenvalue weighted by atomic mass is 10.0. The highest BCUT2D eigenvalue weighted by Gasteiger charge is 2.21. The molecule has 0 unspecified atom stereocenters. The van der Waals surface area contributed by atoms with Gasteiger partial charge in [0.05, 0.1) is 45.5 Å². The van der Waals surface area contributed by atoms with Crippen molar-refractivity contribution in [1.29, 1.82) is 0 Å². The number of aryl methyl sites for hydroxylation is 4. The molecule has 16 rings (SSSR count). The second kappa shape index (κ2) is 31.7. The molecule has 4 aromatic carbocycles. The van der Waals surface area contributed by atoms with Gasteiger partial charge in [-0.3, -0.25) is 36.8 Å². The van der Waals surface area contributed by atoms with Gasteiger partial charge in [0, 0.05) is 215 Å². The number of nitrogens with zero attached hydrogens (tertiary/aromatic N) is 14. The number of anilines is 6. The predicted octanol–water partition coefficient (Wildman–Crippen LogP) is 9.23. The van der Waals surface area contributed by atoms with E-state index < -0.39 is 0 Å². The number of pyridine rings is 4. The van der Waals surface area contributed by atoms with Crippen molar-refractivity contribution >= 4 is 56.7 Å². The minimum atomic E-state index is -0.0586. The fraction of sp³-hybridized carbons (Fsp3) is 0.317. The van der Waals surface area contributed by atoms with Crippen molar-refractivity contribution in [2.75, 3.05) is 149 Å². The van der Waals surface area contributed by atoms with Gasteiger partial charge in [-0.05, 0) is 149 Å². The van der Waals surface area contributed by atoms with E-state index in [9.17, 15) is 19.2 Å². The van der Waals surface area contributed by atoms with Crippen LogP contribution in [-0.4, -0.2) is 169 Å². The molecule has 0 amide bonds. The standard InChI is InChI=1S/C21H25N5O.C21H24N4O.C20H23N5O.C20H22N4O/c1-15-13-25(11-10-22-15)18-8-9-20-23-19(12-21(27)26(20)14-18)16-4-6-17(7-5-16)24(2)3;1-14-4-5-17(10-15(14)2)19-11-21(26)25-13-18(6-7-20(25)23-19)24-9-8-22-16(3)12-24;1-23(2)16-5-3-4-15(12-16)18-13-20(26)25-14-17(6-7-19(25)22-18)24-10-8-21-9-11-24;1-14-3-4-16(11-15(14)2)18-12-20(25)24-13-17(5-6-19(24)22-18)23-9-7-21-8-10-23/h4-9,12,14-15,22H,10-11,13H2,1-3H3;4-7,10-11,13,16,22H,8-9,12H2,1-3H3;3-7,12-14,21H,8-11H2,1-2H3;3-6,11-13,21H,7-10H2,1-2H3/t15-;16-;;/m00../s1. The van der Waals surface area contributed by atoms with Gasteiger partial charge in [0.1, 0.15) is 22.6 Å². The maximum absolute atomic E-state index is 12.7. The van der Waals surface area contributed by atoms with Gasteiger partial charge in [0.25, 0.3) is 22.2 Å². The first-order valence-electron chi connectivity index (χ1n) is 36.0. The maximum atomic E-state index is 12.7. The predicted molar refractivity (Wildman–Crippen MR) is 425 cm³/mol. The van der Waals surface area contributed by atoms with Crippen LogP contribution in [-0.2, 0) is 0 Å². The van der Waals surface area contributed by atoms with Crippen molar-refractivity contribution < 1.29 is 0 Å². The summed E-state index contributed by atoms with van der Waals surface area (Å²) in [5, 5.41) is 13.6. The van der Waals surface area contributed by atoms with E-state index in [0.717, 1.165) is 159 Å². The number of benzene rings is 4. The van der Waals surface area contributed by atoms with Crippen LogP contribution >= 0.6 is 0 Å². The van der Waals surface area contributed by atoms with Crippen LogP contribution in [0.5, 0.6) is 0 Å². The molecule has 4 aliphatic heterocycles. The van der Waals surface area contributed by atoms with Crippen LogP contribution in [0.25, 0.3) is 67.6 Å². The lowest BCUT2D eigenvalue weighted by Crippen LogP contribution is -2.49. The topological polar surface area (TPSA) is 205 Å². The van der Waals surface area contributed by atoms with Crippen molar-refractivity contribution in [3.8, 4) is 45.0 Å². The van der Waals surface area contributed by atoms with E-state index in [2.05, 4.69) is 125 Å². The molecule has 4 N–H and O–H groups in total. The molecule has 0 bridgehead atoms. The monoisotopic (exact) mass is 1390 g/mol. The molecule has 22 nitrogen and oxygen atoms in total. The molecule has 2 atom stereocenters. The van der Waals surface area contributed by atoms with Gasteiger partial charge < -0.3 is 50.7 Å². The molecule has 4 aliphatic rings. The molecule has 104 heavy (non-hydrogen) atoms. The van der Waals surface area contributed by atoms with E-state index in [0.29, 0.717) is 46.1 Å². The van der Waals surface area contributed by atoms with Crippen LogP contribution in [0.15, 0.2) is 202 Å². The molecule has 8 aromatic heterocycles. The molecular formula is C82H94N18O4. The number of piperazine rings is 4. The molecule has 4 fully saturated rings. The van der Waals surface area contributed by atoms with Crippen LogP contribution in [0.3, 0.4) is 0 Å². The zero-order valence-corrected chi connectivity index (χ0v) is 61.3. The van der Waals surface area contributed by atoms with Gasteiger partial charge in [0.15, 0.2) is 0 Å². The number of hydrogen-bond acceptors (Lipinski definition) is 18. The van der Waals surface area contributed by atoms with Crippen molar-refractivity contribution in [3.05, 3.63) is 246 Å². The van der Waals surface area contributed by atoms with Gasteiger partial charge in [0.2, 0.25) is 0 Å². The fourth-order valence-corrected chi connectivity index (χ4v) is 13.6. The Morgan fingerprint density at radius 3 is 1.01 bits per heavy atom. The smallest absolute Gasteiger partial charge is 0.258 e. The third kappa shape index (κ3) is 16.5. The van der Waals surface area contributed by atoms with Gasteiger partial charge in [-0.2, -0.15) is 0 Å². The molecule has 4 saturated heterocycles. The Morgan fingerprint density at radius 1 is 0.337 bits per heavy atom. The van der Waals surface area contributed by atoms with Crippen LogP contribution in [0, 0.1) is 27.7 Å². The summed E-state index contributed by atoms with van der Waals surface area (Å²) in [5.74, 6) is 0.